The molecule has 146 valence electrons. The Morgan fingerprint density at radius 1 is 1.19 bits per heavy atom. The van der Waals surface area contributed by atoms with Gasteiger partial charge in [0.2, 0.25) is 11.8 Å². The predicted octanol–water partition coefficient (Wildman–Crippen LogP) is 1.28. The summed E-state index contributed by atoms with van der Waals surface area (Å²) in [5, 5.41) is 2.76. The maximum absolute atomic E-state index is 12.5. The highest BCUT2D eigenvalue weighted by Crippen LogP contribution is 2.15. The molecule has 1 aliphatic rings. The van der Waals surface area contributed by atoms with Gasteiger partial charge in [0.15, 0.2) is 0 Å². The van der Waals surface area contributed by atoms with Gasteiger partial charge >= 0.3 is 0 Å². The minimum Gasteiger partial charge on any atom is -0.352 e. The van der Waals surface area contributed by atoms with Crippen molar-refractivity contribution in [2.75, 3.05) is 39.3 Å². The molecule has 1 saturated heterocycles. The van der Waals surface area contributed by atoms with Crippen LogP contribution in [0.25, 0.3) is 0 Å². The van der Waals surface area contributed by atoms with E-state index in [2.05, 4.69) is 11.9 Å². The molecule has 3 N–H and O–H groups in total. The van der Waals surface area contributed by atoms with Crippen molar-refractivity contribution in [3.63, 3.8) is 0 Å². The minimum absolute atomic E-state index is 0. The van der Waals surface area contributed by atoms with E-state index >= 15 is 0 Å². The predicted molar refractivity (Wildman–Crippen MR) is 109 cm³/mol. The molecule has 1 aromatic carbocycles. The van der Waals surface area contributed by atoms with E-state index in [9.17, 15) is 9.59 Å². The number of amides is 2. The topological polar surface area (TPSA) is 78.7 Å². The molecule has 1 fully saturated rings. The first-order valence-corrected chi connectivity index (χ1v) is 8.22. The van der Waals surface area contributed by atoms with Gasteiger partial charge in [0.25, 0.3) is 0 Å². The summed E-state index contributed by atoms with van der Waals surface area (Å²) in [4.78, 5) is 28.1. The van der Waals surface area contributed by atoms with Crippen LogP contribution in [0.5, 0.6) is 0 Å². The van der Waals surface area contributed by atoms with Crippen molar-refractivity contribution in [3.05, 3.63) is 48.0 Å². The standard InChI is InChI=1S/C18H26N4O2.2ClH/c1-3-8-20-16(23)13-21-9-11-22(12-10-21)18(24)17(19)15-6-4-14(2)5-7-15;;/h3-7,17H,1,8-13,19H2,2H3,(H,20,23);2*1H. The van der Waals surface area contributed by atoms with E-state index in [0.29, 0.717) is 39.3 Å². The molecule has 1 heterocycles. The third-order valence-electron chi connectivity index (χ3n) is 4.20. The summed E-state index contributed by atoms with van der Waals surface area (Å²) in [7, 11) is 0. The average molecular weight is 403 g/mol. The summed E-state index contributed by atoms with van der Waals surface area (Å²) >= 11 is 0. The van der Waals surface area contributed by atoms with Crippen LogP contribution in [0.1, 0.15) is 17.2 Å². The SMILES string of the molecule is C=CCNC(=O)CN1CCN(C(=O)C(N)c2ccc(C)cc2)CC1.Cl.Cl. The van der Waals surface area contributed by atoms with Gasteiger partial charge in [-0.1, -0.05) is 35.9 Å². The van der Waals surface area contributed by atoms with Crippen molar-refractivity contribution in [2.24, 2.45) is 5.73 Å². The molecule has 1 aromatic rings. The van der Waals surface area contributed by atoms with Gasteiger partial charge in [0.1, 0.15) is 6.04 Å². The Bertz CT molecular complexity index is 587. The highest BCUT2D eigenvalue weighted by atomic mass is 35.5. The molecule has 0 saturated carbocycles. The van der Waals surface area contributed by atoms with Crippen LogP contribution in [0, 0.1) is 6.92 Å². The van der Waals surface area contributed by atoms with E-state index in [4.69, 9.17) is 5.73 Å². The van der Waals surface area contributed by atoms with Gasteiger partial charge in [-0.15, -0.1) is 31.4 Å². The van der Waals surface area contributed by atoms with Crippen LogP contribution >= 0.6 is 24.8 Å². The number of aryl methyl sites for hydroxylation is 1. The molecule has 0 spiro atoms. The van der Waals surface area contributed by atoms with Crippen molar-refractivity contribution in [1.82, 2.24) is 15.1 Å². The number of hydrogen-bond acceptors (Lipinski definition) is 4. The molecule has 6 nitrogen and oxygen atoms in total. The Labute approximate surface area is 167 Å². The fourth-order valence-electron chi connectivity index (χ4n) is 2.68. The maximum Gasteiger partial charge on any atom is 0.244 e. The lowest BCUT2D eigenvalue weighted by molar-refractivity contribution is -0.134. The van der Waals surface area contributed by atoms with Crippen LogP contribution in [-0.4, -0.2) is 60.9 Å². The number of carbonyl (C=O) groups is 2. The van der Waals surface area contributed by atoms with Gasteiger partial charge in [-0.05, 0) is 12.5 Å². The molecule has 0 radical (unpaired) electrons. The van der Waals surface area contributed by atoms with Crippen LogP contribution in [0.3, 0.4) is 0 Å². The van der Waals surface area contributed by atoms with Gasteiger partial charge in [-0.2, -0.15) is 0 Å². The molecule has 0 aliphatic carbocycles. The largest absolute Gasteiger partial charge is 0.352 e. The molecule has 8 heteroatoms. The van der Waals surface area contributed by atoms with Gasteiger partial charge in [-0.25, -0.2) is 0 Å². The summed E-state index contributed by atoms with van der Waals surface area (Å²) < 4.78 is 0. The molecule has 0 aromatic heterocycles. The minimum atomic E-state index is -0.631. The van der Waals surface area contributed by atoms with Crippen molar-refractivity contribution in [3.8, 4) is 0 Å². The second kappa shape index (κ2) is 11.9. The van der Waals surface area contributed by atoms with Crippen LogP contribution in [0.2, 0.25) is 0 Å². The Morgan fingerprint density at radius 2 is 1.77 bits per heavy atom. The number of rotatable bonds is 6. The van der Waals surface area contributed by atoms with Gasteiger partial charge in [0, 0.05) is 32.7 Å². The number of nitrogens with one attached hydrogen (secondary N) is 1. The fourth-order valence-corrected chi connectivity index (χ4v) is 2.68. The zero-order valence-electron chi connectivity index (χ0n) is 15.0. The van der Waals surface area contributed by atoms with Crippen LogP contribution in [0.4, 0.5) is 0 Å². The monoisotopic (exact) mass is 402 g/mol. The number of piperazine rings is 1. The number of halogens is 2. The van der Waals surface area contributed by atoms with Crippen LogP contribution in [0.15, 0.2) is 36.9 Å². The number of nitrogens with zero attached hydrogens (tertiary/aromatic N) is 2. The Hall–Kier alpha value is -1.60. The van der Waals surface area contributed by atoms with Crippen molar-refractivity contribution in [2.45, 2.75) is 13.0 Å². The number of benzene rings is 1. The maximum atomic E-state index is 12.5. The zero-order chi connectivity index (χ0) is 17.5. The Morgan fingerprint density at radius 3 is 2.31 bits per heavy atom. The van der Waals surface area contributed by atoms with E-state index in [1.165, 1.54) is 0 Å². The summed E-state index contributed by atoms with van der Waals surface area (Å²) in [5.41, 5.74) is 8.08. The summed E-state index contributed by atoms with van der Waals surface area (Å²) in [6.07, 6.45) is 1.65. The molecule has 2 rings (SSSR count). The Balaban J connectivity index is 0.00000312. The first-order chi connectivity index (χ1) is 11.5. The molecule has 0 bridgehead atoms. The van der Waals surface area contributed by atoms with Gasteiger partial charge in [-0.3, -0.25) is 14.5 Å². The summed E-state index contributed by atoms with van der Waals surface area (Å²) in [6.45, 7) is 8.92. The third-order valence-corrected chi connectivity index (χ3v) is 4.20. The van der Waals surface area contributed by atoms with E-state index < -0.39 is 6.04 Å². The van der Waals surface area contributed by atoms with E-state index in [1.807, 2.05) is 36.1 Å². The first kappa shape index (κ1) is 24.4. The lowest BCUT2D eigenvalue weighted by Gasteiger charge is -2.35. The third kappa shape index (κ3) is 6.96. The highest BCUT2D eigenvalue weighted by Gasteiger charge is 2.26. The molecule has 26 heavy (non-hydrogen) atoms. The lowest BCUT2D eigenvalue weighted by atomic mass is 10.0. The molecular weight excluding hydrogens is 375 g/mol. The van der Waals surface area contributed by atoms with Crippen LogP contribution in [-0.2, 0) is 9.59 Å². The van der Waals surface area contributed by atoms with Gasteiger partial charge in [0.05, 0.1) is 6.54 Å². The fraction of sp³-hybridized carbons (Fsp3) is 0.444. The van der Waals surface area contributed by atoms with E-state index in [-0.39, 0.29) is 36.6 Å². The summed E-state index contributed by atoms with van der Waals surface area (Å²) in [6, 6.07) is 7.09. The molecule has 1 unspecified atom stereocenters. The smallest absolute Gasteiger partial charge is 0.244 e. The van der Waals surface area contributed by atoms with Crippen molar-refractivity contribution < 1.29 is 9.59 Å². The quantitative estimate of drug-likeness (QED) is 0.702. The zero-order valence-corrected chi connectivity index (χ0v) is 16.7. The van der Waals surface area contributed by atoms with Crippen molar-refractivity contribution >= 4 is 36.6 Å². The van der Waals surface area contributed by atoms with E-state index in [1.54, 1.807) is 11.0 Å². The van der Waals surface area contributed by atoms with Gasteiger partial charge < -0.3 is 16.0 Å². The Kier molecular flexibility index (Phi) is 11.2. The number of nitrogens with two attached hydrogens (primary N) is 1. The highest BCUT2D eigenvalue weighted by molar-refractivity contribution is 5.85. The average Bonchev–Trinajstić information content (AvgIpc) is 2.60. The summed E-state index contributed by atoms with van der Waals surface area (Å²) in [5.74, 6) is -0.0827. The second-order valence-corrected chi connectivity index (χ2v) is 6.08. The molecule has 2 amide bonds. The van der Waals surface area contributed by atoms with Crippen molar-refractivity contribution in [1.29, 1.82) is 0 Å². The molecule has 1 atom stereocenters. The van der Waals surface area contributed by atoms with Crippen LogP contribution < -0.4 is 11.1 Å². The second-order valence-electron chi connectivity index (χ2n) is 6.08. The number of carbonyl (C=O) groups excluding carboxylic acids is 2. The molecule has 1 aliphatic heterocycles. The number of hydrogen-bond donors (Lipinski definition) is 2. The van der Waals surface area contributed by atoms with E-state index in [0.717, 1.165) is 11.1 Å². The normalized spacial score (nSPS) is 15.2. The first-order valence-electron chi connectivity index (χ1n) is 8.22. The lowest BCUT2D eigenvalue weighted by Crippen LogP contribution is -2.52. The molecular formula is C18H28Cl2N4O2.